The molecule has 1 atom stereocenters. The number of aromatic nitrogens is 1. The highest BCUT2D eigenvalue weighted by atomic mass is 16.1. The Labute approximate surface area is 143 Å². The van der Waals surface area contributed by atoms with Crippen LogP contribution in [0.4, 0.5) is 0 Å². The average Bonchev–Trinajstić information content (AvgIpc) is 2.63. The van der Waals surface area contributed by atoms with Gasteiger partial charge in [0.2, 0.25) is 0 Å². The molecule has 1 saturated heterocycles. The smallest absolute Gasteiger partial charge is 0.252 e. The summed E-state index contributed by atoms with van der Waals surface area (Å²) in [5.41, 5.74) is 3.89. The molecule has 1 aliphatic rings. The maximum atomic E-state index is 12.4. The van der Waals surface area contributed by atoms with E-state index in [2.05, 4.69) is 46.8 Å². The van der Waals surface area contributed by atoms with Crippen LogP contribution in [-0.4, -0.2) is 30.5 Å². The largest absolute Gasteiger partial charge is 0.352 e. The molecule has 0 aliphatic carbocycles. The zero-order chi connectivity index (χ0) is 16.8. The lowest BCUT2D eigenvalue weighted by molar-refractivity contribution is 0.0950. The van der Waals surface area contributed by atoms with Crippen LogP contribution in [0.1, 0.15) is 35.2 Å². The first-order valence-corrected chi connectivity index (χ1v) is 8.73. The van der Waals surface area contributed by atoms with Gasteiger partial charge in [0.1, 0.15) is 0 Å². The molecule has 4 nitrogen and oxygen atoms in total. The van der Waals surface area contributed by atoms with Crippen LogP contribution in [-0.2, 0) is 0 Å². The highest BCUT2D eigenvalue weighted by molar-refractivity contribution is 5.95. The van der Waals surface area contributed by atoms with Crippen molar-refractivity contribution in [1.82, 2.24) is 15.6 Å². The molecule has 0 bridgehead atoms. The topological polar surface area (TPSA) is 54.0 Å². The molecular weight excluding hydrogens is 298 g/mol. The van der Waals surface area contributed by atoms with Gasteiger partial charge in [-0.05, 0) is 56.8 Å². The molecule has 1 aromatic heterocycles. The van der Waals surface area contributed by atoms with E-state index in [1.807, 2.05) is 6.07 Å². The summed E-state index contributed by atoms with van der Waals surface area (Å²) in [6.45, 7) is 4.98. The number of amides is 1. The van der Waals surface area contributed by atoms with E-state index in [-0.39, 0.29) is 5.91 Å². The number of carbonyl (C=O) groups is 1. The van der Waals surface area contributed by atoms with Gasteiger partial charge in [0.15, 0.2) is 0 Å². The summed E-state index contributed by atoms with van der Waals surface area (Å²) in [4.78, 5) is 16.6. The number of aryl methyl sites for hydroxylation is 1. The summed E-state index contributed by atoms with van der Waals surface area (Å²) >= 11 is 0. The van der Waals surface area contributed by atoms with Crippen molar-refractivity contribution >= 4 is 5.91 Å². The van der Waals surface area contributed by atoms with Gasteiger partial charge in [-0.15, -0.1) is 0 Å². The monoisotopic (exact) mass is 323 g/mol. The standard InChI is InChI=1S/C20H25N3O/c1-15-4-6-17(7-5-15)18-11-19(14-22-13-18)20(24)23-10-8-16-3-2-9-21-12-16/h4-7,11,13-14,16,21H,2-3,8-10,12H2,1H3,(H,23,24). The van der Waals surface area contributed by atoms with Crippen LogP contribution in [0, 0.1) is 12.8 Å². The Hall–Kier alpha value is -2.20. The Kier molecular flexibility index (Phi) is 5.59. The SMILES string of the molecule is Cc1ccc(-c2cncc(C(=O)NCCC3CCCNC3)c2)cc1. The molecule has 2 N–H and O–H groups in total. The molecule has 1 fully saturated rings. The van der Waals surface area contributed by atoms with Gasteiger partial charge in [0.25, 0.3) is 5.91 Å². The van der Waals surface area contributed by atoms with Crippen LogP contribution < -0.4 is 10.6 Å². The summed E-state index contributed by atoms with van der Waals surface area (Å²) in [6.07, 6.45) is 6.96. The Morgan fingerprint density at radius 3 is 2.83 bits per heavy atom. The number of hydrogen-bond donors (Lipinski definition) is 2. The molecule has 0 radical (unpaired) electrons. The fourth-order valence-corrected chi connectivity index (χ4v) is 3.13. The van der Waals surface area contributed by atoms with Gasteiger partial charge in [-0.2, -0.15) is 0 Å². The summed E-state index contributed by atoms with van der Waals surface area (Å²) in [5, 5.41) is 6.44. The minimum Gasteiger partial charge on any atom is -0.352 e. The molecule has 1 aliphatic heterocycles. The summed E-state index contributed by atoms with van der Waals surface area (Å²) < 4.78 is 0. The van der Waals surface area contributed by atoms with Gasteiger partial charge in [0.05, 0.1) is 5.56 Å². The van der Waals surface area contributed by atoms with Crippen LogP contribution >= 0.6 is 0 Å². The number of hydrogen-bond acceptors (Lipinski definition) is 3. The Morgan fingerprint density at radius 2 is 2.08 bits per heavy atom. The first-order valence-electron chi connectivity index (χ1n) is 8.73. The average molecular weight is 323 g/mol. The normalized spacial score (nSPS) is 17.5. The second kappa shape index (κ2) is 8.06. The number of benzene rings is 1. The maximum Gasteiger partial charge on any atom is 0.252 e. The lowest BCUT2D eigenvalue weighted by Gasteiger charge is -2.22. The van der Waals surface area contributed by atoms with E-state index in [0.29, 0.717) is 11.5 Å². The zero-order valence-electron chi connectivity index (χ0n) is 14.2. The molecule has 2 aromatic rings. The Bertz CT molecular complexity index is 676. The fraction of sp³-hybridized carbons (Fsp3) is 0.400. The predicted octanol–water partition coefficient (Wildman–Crippen LogP) is 3.18. The van der Waals surface area contributed by atoms with Crippen molar-refractivity contribution in [3.05, 3.63) is 53.9 Å². The van der Waals surface area contributed by atoms with Crippen molar-refractivity contribution in [2.75, 3.05) is 19.6 Å². The lowest BCUT2D eigenvalue weighted by atomic mass is 9.96. The lowest BCUT2D eigenvalue weighted by Crippen LogP contribution is -2.33. The molecule has 1 amide bonds. The highest BCUT2D eigenvalue weighted by Crippen LogP contribution is 2.20. The number of carbonyl (C=O) groups excluding carboxylic acids is 1. The van der Waals surface area contributed by atoms with Crippen LogP contribution in [0.25, 0.3) is 11.1 Å². The number of piperidine rings is 1. The number of nitrogens with one attached hydrogen (secondary N) is 2. The first kappa shape index (κ1) is 16.7. The van der Waals surface area contributed by atoms with Crippen molar-refractivity contribution in [2.45, 2.75) is 26.2 Å². The molecule has 4 heteroatoms. The second-order valence-corrected chi connectivity index (χ2v) is 6.59. The van der Waals surface area contributed by atoms with Gasteiger partial charge < -0.3 is 10.6 Å². The van der Waals surface area contributed by atoms with Gasteiger partial charge in [-0.3, -0.25) is 9.78 Å². The number of rotatable bonds is 5. The molecule has 24 heavy (non-hydrogen) atoms. The molecule has 1 unspecified atom stereocenters. The Balaban J connectivity index is 1.58. The van der Waals surface area contributed by atoms with Crippen molar-refractivity contribution in [2.24, 2.45) is 5.92 Å². The minimum atomic E-state index is -0.0415. The van der Waals surface area contributed by atoms with Gasteiger partial charge in [0, 0.05) is 24.5 Å². The molecule has 1 aromatic carbocycles. The molecule has 0 saturated carbocycles. The van der Waals surface area contributed by atoms with Gasteiger partial charge in [-0.1, -0.05) is 29.8 Å². The number of nitrogens with zero attached hydrogens (tertiary/aromatic N) is 1. The number of pyridine rings is 1. The van der Waals surface area contributed by atoms with E-state index in [4.69, 9.17) is 0 Å². The van der Waals surface area contributed by atoms with Crippen LogP contribution in [0.15, 0.2) is 42.7 Å². The summed E-state index contributed by atoms with van der Waals surface area (Å²) in [6, 6.07) is 10.2. The molecule has 126 valence electrons. The van der Waals surface area contributed by atoms with E-state index in [0.717, 1.165) is 37.2 Å². The van der Waals surface area contributed by atoms with Crippen LogP contribution in [0.2, 0.25) is 0 Å². The van der Waals surface area contributed by atoms with Gasteiger partial charge >= 0.3 is 0 Å². The van der Waals surface area contributed by atoms with E-state index in [1.54, 1.807) is 12.4 Å². The van der Waals surface area contributed by atoms with Gasteiger partial charge in [-0.25, -0.2) is 0 Å². The predicted molar refractivity (Wildman–Crippen MR) is 97.0 cm³/mol. The molecular formula is C20H25N3O. The van der Waals surface area contributed by atoms with Crippen molar-refractivity contribution in [3.63, 3.8) is 0 Å². The second-order valence-electron chi connectivity index (χ2n) is 6.59. The Morgan fingerprint density at radius 1 is 1.25 bits per heavy atom. The quantitative estimate of drug-likeness (QED) is 0.888. The van der Waals surface area contributed by atoms with Crippen molar-refractivity contribution in [3.8, 4) is 11.1 Å². The highest BCUT2D eigenvalue weighted by Gasteiger charge is 2.13. The fourth-order valence-electron chi connectivity index (χ4n) is 3.13. The molecule has 0 spiro atoms. The minimum absolute atomic E-state index is 0.0415. The zero-order valence-corrected chi connectivity index (χ0v) is 14.2. The van der Waals surface area contributed by atoms with Crippen molar-refractivity contribution < 1.29 is 4.79 Å². The van der Waals surface area contributed by atoms with E-state index < -0.39 is 0 Å². The molecule has 2 heterocycles. The van der Waals surface area contributed by atoms with Crippen LogP contribution in [0.5, 0.6) is 0 Å². The third-order valence-corrected chi connectivity index (χ3v) is 4.62. The van der Waals surface area contributed by atoms with E-state index in [9.17, 15) is 4.79 Å². The summed E-state index contributed by atoms with van der Waals surface area (Å²) in [7, 11) is 0. The van der Waals surface area contributed by atoms with Crippen LogP contribution in [0.3, 0.4) is 0 Å². The third kappa shape index (κ3) is 4.42. The van der Waals surface area contributed by atoms with E-state index in [1.165, 1.54) is 18.4 Å². The third-order valence-electron chi connectivity index (χ3n) is 4.62. The summed E-state index contributed by atoms with van der Waals surface area (Å²) in [5.74, 6) is 0.635. The van der Waals surface area contributed by atoms with E-state index >= 15 is 0 Å². The first-order chi connectivity index (χ1) is 11.7. The maximum absolute atomic E-state index is 12.4. The van der Waals surface area contributed by atoms with Crippen molar-refractivity contribution in [1.29, 1.82) is 0 Å². The molecule has 3 rings (SSSR count).